The number of benzene rings is 2. The maximum atomic E-state index is 13.1. The number of rotatable bonds is 5. The second-order valence-electron chi connectivity index (χ2n) is 5.81. The molecular weight excluding hydrogens is 268 g/mol. The molecular formula is C18H19F2N. The van der Waals surface area contributed by atoms with Gasteiger partial charge in [0.25, 0.3) is 0 Å². The number of halogens is 2. The van der Waals surface area contributed by atoms with E-state index in [0.717, 1.165) is 11.1 Å². The maximum absolute atomic E-state index is 13.1. The first kappa shape index (κ1) is 14.2. The molecule has 1 aliphatic rings. The first-order valence-electron chi connectivity index (χ1n) is 7.40. The molecule has 0 aromatic heterocycles. The smallest absolute Gasteiger partial charge is 0.123 e. The second kappa shape index (κ2) is 5.94. The summed E-state index contributed by atoms with van der Waals surface area (Å²) in [6, 6.07) is 13.7. The van der Waals surface area contributed by atoms with Crippen molar-refractivity contribution in [2.75, 3.05) is 0 Å². The van der Waals surface area contributed by atoms with E-state index in [1.54, 1.807) is 0 Å². The molecule has 2 aromatic carbocycles. The molecule has 0 heterocycles. The third-order valence-electron chi connectivity index (χ3n) is 4.12. The normalized spacial score (nSPS) is 17.5. The van der Waals surface area contributed by atoms with E-state index >= 15 is 0 Å². The Kier molecular flexibility index (Phi) is 4.02. The minimum absolute atomic E-state index is 0.126. The lowest BCUT2D eigenvalue weighted by Crippen LogP contribution is -2.26. The fourth-order valence-electron chi connectivity index (χ4n) is 2.72. The lowest BCUT2D eigenvalue weighted by molar-refractivity contribution is 0.426. The van der Waals surface area contributed by atoms with Gasteiger partial charge in [-0.3, -0.25) is 0 Å². The van der Waals surface area contributed by atoms with Crippen molar-refractivity contribution in [2.45, 2.75) is 31.8 Å². The van der Waals surface area contributed by atoms with Crippen LogP contribution < -0.4 is 5.32 Å². The van der Waals surface area contributed by atoms with Gasteiger partial charge in [-0.05, 0) is 61.1 Å². The van der Waals surface area contributed by atoms with Gasteiger partial charge in [-0.25, -0.2) is 8.78 Å². The Labute approximate surface area is 124 Å². The second-order valence-corrected chi connectivity index (χ2v) is 5.81. The average Bonchev–Trinajstić information content (AvgIpc) is 3.31. The molecule has 2 aromatic rings. The van der Waals surface area contributed by atoms with E-state index in [-0.39, 0.29) is 23.7 Å². The van der Waals surface area contributed by atoms with E-state index in [1.807, 2.05) is 24.3 Å². The van der Waals surface area contributed by atoms with Gasteiger partial charge in [-0.1, -0.05) is 24.3 Å². The van der Waals surface area contributed by atoms with Crippen LogP contribution in [-0.2, 0) is 0 Å². The third-order valence-corrected chi connectivity index (χ3v) is 4.12. The summed E-state index contributed by atoms with van der Waals surface area (Å²) in [5, 5.41) is 3.61. The quantitative estimate of drug-likeness (QED) is 0.835. The molecule has 21 heavy (non-hydrogen) atoms. The lowest BCUT2D eigenvalue weighted by Gasteiger charge is -2.24. The summed E-state index contributed by atoms with van der Waals surface area (Å²) in [6.45, 7) is 2.08. The molecule has 2 unspecified atom stereocenters. The average molecular weight is 287 g/mol. The molecule has 1 N–H and O–H groups in total. The molecule has 110 valence electrons. The molecule has 3 heteroatoms. The fourth-order valence-corrected chi connectivity index (χ4v) is 2.72. The van der Waals surface area contributed by atoms with Crippen LogP contribution in [0.4, 0.5) is 8.78 Å². The van der Waals surface area contributed by atoms with Crippen molar-refractivity contribution in [3.8, 4) is 0 Å². The van der Waals surface area contributed by atoms with Crippen LogP contribution in [0.25, 0.3) is 0 Å². The highest BCUT2D eigenvalue weighted by molar-refractivity contribution is 5.24. The van der Waals surface area contributed by atoms with Crippen molar-refractivity contribution < 1.29 is 8.78 Å². The molecule has 0 aliphatic heterocycles. The van der Waals surface area contributed by atoms with Crippen molar-refractivity contribution in [3.05, 3.63) is 71.3 Å². The Morgan fingerprint density at radius 3 is 1.81 bits per heavy atom. The molecule has 1 aliphatic carbocycles. The van der Waals surface area contributed by atoms with E-state index in [2.05, 4.69) is 12.2 Å². The first-order chi connectivity index (χ1) is 10.1. The maximum Gasteiger partial charge on any atom is 0.123 e. The summed E-state index contributed by atoms with van der Waals surface area (Å²) < 4.78 is 26.1. The van der Waals surface area contributed by atoms with Crippen molar-refractivity contribution >= 4 is 0 Å². The molecule has 3 rings (SSSR count). The predicted molar refractivity (Wildman–Crippen MR) is 79.8 cm³/mol. The Morgan fingerprint density at radius 2 is 1.33 bits per heavy atom. The van der Waals surface area contributed by atoms with Crippen LogP contribution in [0.3, 0.4) is 0 Å². The first-order valence-corrected chi connectivity index (χ1v) is 7.40. The molecule has 1 nitrogen and oxygen atoms in total. The summed E-state index contributed by atoms with van der Waals surface area (Å²) in [4.78, 5) is 0. The van der Waals surface area contributed by atoms with Crippen LogP contribution >= 0.6 is 0 Å². The van der Waals surface area contributed by atoms with Crippen molar-refractivity contribution in [1.82, 2.24) is 5.32 Å². The Bertz CT molecular complexity index is 588. The Balaban J connectivity index is 1.76. The molecule has 2 atom stereocenters. The molecule has 0 radical (unpaired) electrons. The minimum atomic E-state index is -0.219. The van der Waals surface area contributed by atoms with Gasteiger partial charge in [0.15, 0.2) is 0 Å². The molecule has 1 saturated carbocycles. The molecule has 0 amide bonds. The minimum Gasteiger partial charge on any atom is -0.303 e. The van der Waals surface area contributed by atoms with Gasteiger partial charge in [-0.2, -0.15) is 0 Å². The van der Waals surface area contributed by atoms with E-state index < -0.39 is 0 Å². The zero-order valence-electron chi connectivity index (χ0n) is 12.0. The van der Waals surface area contributed by atoms with Crippen molar-refractivity contribution in [1.29, 1.82) is 0 Å². The summed E-state index contributed by atoms with van der Waals surface area (Å²) >= 11 is 0. The molecule has 0 spiro atoms. The van der Waals surface area contributed by atoms with Gasteiger partial charge >= 0.3 is 0 Å². The number of hydrogen-bond donors (Lipinski definition) is 1. The number of nitrogens with one attached hydrogen (secondary N) is 1. The summed E-state index contributed by atoms with van der Waals surface area (Å²) in [5.41, 5.74) is 2.18. The van der Waals surface area contributed by atoms with E-state index in [0.29, 0.717) is 5.92 Å². The predicted octanol–water partition coefficient (Wildman–Crippen LogP) is 4.77. The van der Waals surface area contributed by atoms with E-state index in [9.17, 15) is 8.78 Å². The van der Waals surface area contributed by atoms with Crippen LogP contribution in [0.15, 0.2) is 48.5 Å². The number of hydrogen-bond acceptors (Lipinski definition) is 1. The van der Waals surface area contributed by atoms with Crippen LogP contribution in [-0.4, -0.2) is 0 Å². The van der Waals surface area contributed by atoms with E-state index in [4.69, 9.17) is 0 Å². The van der Waals surface area contributed by atoms with Gasteiger partial charge in [0, 0.05) is 12.1 Å². The van der Waals surface area contributed by atoms with Crippen molar-refractivity contribution in [3.63, 3.8) is 0 Å². The molecule has 1 fully saturated rings. The van der Waals surface area contributed by atoms with Gasteiger partial charge in [0.1, 0.15) is 11.6 Å². The van der Waals surface area contributed by atoms with Crippen LogP contribution in [0, 0.1) is 17.6 Å². The highest BCUT2D eigenvalue weighted by atomic mass is 19.1. The summed E-state index contributed by atoms with van der Waals surface area (Å²) in [7, 11) is 0. The molecule has 0 saturated heterocycles. The van der Waals surface area contributed by atoms with Crippen LogP contribution in [0.1, 0.15) is 43.0 Å². The van der Waals surface area contributed by atoms with E-state index in [1.165, 1.54) is 37.1 Å². The highest BCUT2D eigenvalue weighted by Gasteiger charge is 2.33. The van der Waals surface area contributed by atoms with Gasteiger partial charge in [0.05, 0.1) is 0 Å². The Morgan fingerprint density at radius 1 is 0.857 bits per heavy atom. The van der Waals surface area contributed by atoms with Gasteiger partial charge in [-0.15, -0.1) is 0 Å². The fraction of sp³-hybridized carbons (Fsp3) is 0.333. The third kappa shape index (κ3) is 3.48. The van der Waals surface area contributed by atoms with Crippen LogP contribution in [0.5, 0.6) is 0 Å². The lowest BCUT2D eigenvalue weighted by atomic mass is 9.99. The van der Waals surface area contributed by atoms with Gasteiger partial charge < -0.3 is 5.32 Å². The topological polar surface area (TPSA) is 12.0 Å². The summed E-state index contributed by atoms with van der Waals surface area (Å²) in [6.07, 6.45) is 2.40. The standard InChI is InChI=1S/C18H19F2N/c1-12(13-4-8-16(19)9-5-13)21-18(14-2-3-14)15-6-10-17(20)11-7-15/h4-12,14,18,21H,2-3H2,1H3. The van der Waals surface area contributed by atoms with Gasteiger partial charge in [0.2, 0.25) is 0 Å². The van der Waals surface area contributed by atoms with Crippen LogP contribution in [0.2, 0.25) is 0 Å². The highest BCUT2D eigenvalue weighted by Crippen LogP contribution is 2.42. The SMILES string of the molecule is CC(NC(c1ccc(F)cc1)C1CC1)c1ccc(F)cc1. The summed E-state index contributed by atoms with van der Waals surface area (Å²) in [5.74, 6) is 0.182. The largest absolute Gasteiger partial charge is 0.303 e. The Hall–Kier alpha value is -1.74. The monoisotopic (exact) mass is 287 g/mol. The zero-order valence-corrected chi connectivity index (χ0v) is 12.0. The zero-order chi connectivity index (χ0) is 14.8. The molecule has 0 bridgehead atoms. The van der Waals surface area contributed by atoms with Crippen molar-refractivity contribution in [2.24, 2.45) is 5.92 Å².